The number of carbonyl (C=O) groups excluding carboxylic acids is 1. The molecular formula is C19H27NO. The van der Waals surface area contributed by atoms with Gasteiger partial charge in [0.05, 0.1) is 0 Å². The first-order chi connectivity index (χ1) is 9.79. The molecule has 0 fully saturated rings. The lowest BCUT2D eigenvalue weighted by molar-refractivity contribution is -0.107. The summed E-state index contributed by atoms with van der Waals surface area (Å²) in [6, 6.07) is 6.56. The van der Waals surface area contributed by atoms with Crippen LogP contribution in [0.4, 0.5) is 5.69 Å². The molecule has 1 aromatic rings. The van der Waals surface area contributed by atoms with Crippen molar-refractivity contribution in [2.24, 2.45) is 0 Å². The number of anilines is 1. The second kappa shape index (κ2) is 7.26. The standard InChI is InChI=1S/C19H27NO/c1-13(2)19(16(5)14(3)10-11-21)17-8-9-18(20(6)7)15(4)12-17/h8-9,11-12H,10H2,1-7H3/b16-14+. The van der Waals surface area contributed by atoms with Gasteiger partial charge in [0.2, 0.25) is 0 Å². The number of hydrogen-bond acceptors (Lipinski definition) is 2. The number of allylic oxidation sites excluding steroid dienone is 4. The quantitative estimate of drug-likeness (QED) is 0.573. The smallest absolute Gasteiger partial charge is 0.124 e. The Morgan fingerprint density at radius 3 is 2.19 bits per heavy atom. The average molecular weight is 285 g/mol. The fraction of sp³-hybridized carbons (Fsp3) is 0.421. The summed E-state index contributed by atoms with van der Waals surface area (Å²) >= 11 is 0. The summed E-state index contributed by atoms with van der Waals surface area (Å²) in [5.41, 5.74) is 8.59. The molecule has 21 heavy (non-hydrogen) atoms. The van der Waals surface area contributed by atoms with Gasteiger partial charge in [0, 0.05) is 26.2 Å². The Morgan fingerprint density at radius 2 is 1.76 bits per heavy atom. The summed E-state index contributed by atoms with van der Waals surface area (Å²) in [4.78, 5) is 12.9. The highest BCUT2D eigenvalue weighted by Crippen LogP contribution is 2.32. The third-order valence-corrected chi connectivity index (χ3v) is 3.87. The van der Waals surface area contributed by atoms with Crippen molar-refractivity contribution in [1.29, 1.82) is 0 Å². The molecule has 0 N–H and O–H groups in total. The summed E-state index contributed by atoms with van der Waals surface area (Å²) in [5, 5.41) is 0. The minimum Gasteiger partial charge on any atom is -0.377 e. The lowest BCUT2D eigenvalue weighted by Gasteiger charge is -2.19. The van der Waals surface area contributed by atoms with Crippen LogP contribution in [0.2, 0.25) is 0 Å². The van der Waals surface area contributed by atoms with Crippen LogP contribution in [-0.2, 0) is 4.79 Å². The van der Waals surface area contributed by atoms with E-state index < -0.39 is 0 Å². The van der Waals surface area contributed by atoms with Crippen LogP contribution in [0, 0.1) is 6.92 Å². The van der Waals surface area contributed by atoms with Crippen molar-refractivity contribution >= 4 is 17.5 Å². The van der Waals surface area contributed by atoms with Crippen LogP contribution in [-0.4, -0.2) is 20.4 Å². The van der Waals surface area contributed by atoms with E-state index in [-0.39, 0.29) is 0 Å². The molecule has 0 aliphatic heterocycles. The van der Waals surface area contributed by atoms with Crippen molar-refractivity contribution in [3.63, 3.8) is 0 Å². The van der Waals surface area contributed by atoms with Crippen molar-refractivity contribution in [1.82, 2.24) is 0 Å². The monoisotopic (exact) mass is 285 g/mol. The highest BCUT2D eigenvalue weighted by molar-refractivity contribution is 5.83. The molecule has 0 aliphatic carbocycles. The topological polar surface area (TPSA) is 20.3 Å². The molecule has 0 spiro atoms. The molecule has 0 atom stereocenters. The molecule has 0 aliphatic rings. The van der Waals surface area contributed by atoms with Gasteiger partial charge < -0.3 is 9.69 Å². The van der Waals surface area contributed by atoms with Crippen molar-refractivity contribution in [2.75, 3.05) is 19.0 Å². The molecule has 0 heterocycles. The zero-order chi connectivity index (χ0) is 16.2. The van der Waals surface area contributed by atoms with Gasteiger partial charge in [-0.15, -0.1) is 0 Å². The molecular weight excluding hydrogens is 258 g/mol. The van der Waals surface area contributed by atoms with Gasteiger partial charge in [0.1, 0.15) is 6.29 Å². The molecule has 2 heteroatoms. The van der Waals surface area contributed by atoms with Gasteiger partial charge in [-0.05, 0) is 69.0 Å². The second-order valence-electron chi connectivity index (χ2n) is 6.05. The number of benzene rings is 1. The Labute approximate surface area is 129 Å². The fourth-order valence-corrected chi connectivity index (χ4v) is 2.68. The number of carbonyl (C=O) groups is 1. The van der Waals surface area contributed by atoms with E-state index in [0.29, 0.717) is 6.42 Å². The minimum atomic E-state index is 0.497. The minimum absolute atomic E-state index is 0.497. The molecule has 0 bridgehead atoms. The van der Waals surface area contributed by atoms with Gasteiger partial charge in [-0.25, -0.2) is 0 Å². The molecule has 0 saturated carbocycles. The van der Waals surface area contributed by atoms with Gasteiger partial charge in [0.25, 0.3) is 0 Å². The number of aldehydes is 1. The molecule has 0 unspecified atom stereocenters. The summed E-state index contributed by atoms with van der Waals surface area (Å²) in [6.45, 7) is 10.5. The Balaban J connectivity index is 3.40. The highest BCUT2D eigenvalue weighted by atomic mass is 16.1. The maximum absolute atomic E-state index is 10.8. The third-order valence-electron chi connectivity index (χ3n) is 3.87. The van der Waals surface area contributed by atoms with Crippen LogP contribution >= 0.6 is 0 Å². The Bertz CT molecular complexity index is 588. The molecule has 2 nitrogen and oxygen atoms in total. The van der Waals surface area contributed by atoms with Crippen molar-refractivity contribution < 1.29 is 4.79 Å². The lowest BCUT2D eigenvalue weighted by Crippen LogP contribution is -2.10. The van der Waals surface area contributed by atoms with E-state index in [2.05, 4.69) is 64.9 Å². The van der Waals surface area contributed by atoms with Crippen molar-refractivity contribution in [2.45, 2.75) is 41.0 Å². The van der Waals surface area contributed by atoms with Crippen LogP contribution in [0.3, 0.4) is 0 Å². The SMILES string of the molecule is CC(C)=C(/C(C)=C(\C)CC=O)c1ccc(N(C)C)c(C)c1. The molecule has 0 radical (unpaired) electrons. The Morgan fingerprint density at radius 1 is 1.14 bits per heavy atom. The summed E-state index contributed by atoms with van der Waals surface area (Å²) in [7, 11) is 4.12. The number of aryl methyl sites for hydroxylation is 1. The van der Waals surface area contributed by atoms with Crippen molar-refractivity contribution in [3.8, 4) is 0 Å². The first kappa shape index (κ1) is 17.2. The molecule has 0 amide bonds. The first-order valence-corrected chi connectivity index (χ1v) is 7.35. The zero-order valence-electron chi connectivity index (χ0n) is 14.4. The maximum Gasteiger partial charge on any atom is 0.124 e. The largest absolute Gasteiger partial charge is 0.377 e. The van der Waals surface area contributed by atoms with Gasteiger partial charge in [-0.3, -0.25) is 0 Å². The van der Waals surface area contributed by atoms with Gasteiger partial charge in [-0.1, -0.05) is 17.2 Å². The van der Waals surface area contributed by atoms with Crippen LogP contribution in [0.15, 0.2) is 34.9 Å². The van der Waals surface area contributed by atoms with E-state index >= 15 is 0 Å². The van der Waals surface area contributed by atoms with Crippen LogP contribution in [0.25, 0.3) is 5.57 Å². The average Bonchev–Trinajstić information content (AvgIpc) is 2.38. The molecule has 0 aromatic heterocycles. The first-order valence-electron chi connectivity index (χ1n) is 7.35. The number of nitrogens with zero attached hydrogens (tertiary/aromatic N) is 1. The van der Waals surface area contributed by atoms with E-state index in [4.69, 9.17) is 0 Å². The Hall–Kier alpha value is -1.83. The number of hydrogen-bond donors (Lipinski definition) is 0. The van der Waals surface area contributed by atoms with Gasteiger partial charge in [0.15, 0.2) is 0 Å². The molecule has 114 valence electrons. The second-order valence-corrected chi connectivity index (χ2v) is 6.05. The van der Waals surface area contributed by atoms with Crippen LogP contribution < -0.4 is 4.90 Å². The van der Waals surface area contributed by atoms with Crippen molar-refractivity contribution in [3.05, 3.63) is 46.0 Å². The molecule has 1 aromatic carbocycles. The third kappa shape index (κ3) is 4.07. The summed E-state index contributed by atoms with van der Waals surface area (Å²) in [5.74, 6) is 0. The summed E-state index contributed by atoms with van der Waals surface area (Å²) < 4.78 is 0. The lowest BCUT2D eigenvalue weighted by atomic mass is 9.90. The van der Waals surface area contributed by atoms with Crippen LogP contribution in [0.5, 0.6) is 0 Å². The number of rotatable bonds is 5. The molecule has 0 saturated heterocycles. The summed E-state index contributed by atoms with van der Waals surface area (Å²) in [6.07, 6.45) is 1.47. The normalized spacial score (nSPS) is 11.8. The predicted molar refractivity (Wildman–Crippen MR) is 92.8 cm³/mol. The van der Waals surface area contributed by atoms with Gasteiger partial charge in [-0.2, -0.15) is 0 Å². The Kier molecular flexibility index (Phi) is 5.95. The molecule has 1 rings (SSSR count). The van der Waals surface area contributed by atoms with E-state index in [1.54, 1.807) is 0 Å². The highest BCUT2D eigenvalue weighted by Gasteiger charge is 2.11. The predicted octanol–water partition coefficient (Wildman–Crippen LogP) is 4.78. The maximum atomic E-state index is 10.8. The zero-order valence-corrected chi connectivity index (χ0v) is 14.4. The van der Waals surface area contributed by atoms with Gasteiger partial charge >= 0.3 is 0 Å². The fourth-order valence-electron chi connectivity index (χ4n) is 2.68. The van der Waals surface area contributed by atoms with E-state index in [0.717, 1.165) is 11.9 Å². The van der Waals surface area contributed by atoms with E-state index in [1.165, 1.54) is 33.5 Å². The van der Waals surface area contributed by atoms with E-state index in [9.17, 15) is 4.79 Å². The van der Waals surface area contributed by atoms with E-state index in [1.807, 2.05) is 6.92 Å². The van der Waals surface area contributed by atoms with Crippen LogP contribution in [0.1, 0.15) is 45.2 Å².